The van der Waals surface area contributed by atoms with Crippen LogP contribution in [0.4, 0.5) is 0 Å². The number of hydrogen-bond acceptors (Lipinski definition) is 3. The molecule has 88 valence electrons. The standard InChI is InChI=1S/C12H11ClN2OS/c1-7-9(5-6-16-7)17-10-4-2-3-8(13)11(10)12(14)15/h2-6H,1H3,(H3,14,15). The summed E-state index contributed by atoms with van der Waals surface area (Å²) >= 11 is 7.54. The maximum Gasteiger partial charge on any atom is 0.125 e. The molecular weight excluding hydrogens is 256 g/mol. The third-order valence-electron chi connectivity index (χ3n) is 2.28. The first-order valence-corrected chi connectivity index (χ1v) is 6.14. The van der Waals surface area contributed by atoms with Gasteiger partial charge in [0.05, 0.1) is 16.2 Å². The zero-order valence-electron chi connectivity index (χ0n) is 9.16. The molecule has 1 heterocycles. The van der Waals surface area contributed by atoms with Gasteiger partial charge in [-0.15, -0.1) is 0 Å². The van der Waals surface area contributed by atoms with Gasteiger partial charge in [-0.3, -0.25) is 5.41 Å². The number of rotatable bonds is 3. The van der Waals surface area contributed by atoms with Crippen LogP contribution in [0.1, 0.15) is 11.3 Å². The highest BCUT2D eigenvalue weighted by atomic mass is 35.5. The van der Waals surface area contributed by atoms with E-state index in [2.05, 4.69) is 0 Å². The number of hydrogen-bond donors (Lipinski definition) is 2. The Morgan fingerprint density at radius 3 is 2.71 bits per heavy atom. The van der Waals surface area contributed by atoms with Gasteiger partial charge in [-0.2, -0.15) is 0 Å². The number of nitrogens with one attached hydrogen (secondary N) is 1. The number of halogens is 1. The predicted octanol–water partition coefficient (Wildman–Crippen LogP) is 3.68. The van der Waals surface area contributed by atoms with Gasteiger partial charge in [-0.1, -0.05) is 29.4 Å². The van der Waals surface area contributed by atoms with E-state index in [1.165, 1.54) is 11.8 Å². The highest BCUT2D eigenvalue weighted by molar-refractivity contribution is 7.99. The Morgan fingerprint density at radius 1 is 1.35 bits per heavy atom. The number of amidine groups is 1. The quantitative estimate of drug-likeness (QED) is 0.658. The summed E-state index contributed by atoms with van der Waals surface area (Å²) in [5.74, 6) is 0.809. The molecule has 2 rings (SSSR count). The number of furan rings is 1. The Bertz CT molecular complexity index is 565. The molecule has 3 N–H and O–H groups in total. The third-order valence-corrected chi connectivity index (χ3v) is 3.79. The summed E-state index contributed by atoms with van der Waals surface area (Å²) in [6.45, 7) is 1.89. The van der Waals surface area contributed by atoms with Crippen molar-refractivity contribution in [3.05, 3.63) is 46.9 Å². The molecule has 0 atom stereocenters. The van der Waals surface area contributed by atoms with Gasteiger partial charge in [0.2, 0.25) is 0 Å². The van der Waals surface area contributed by atoms with Crippen molar-refractivity contribution in [1.82, 2.24) is 0 Å². The Morgan fingerprint density at radius 2 is 2.12 bits per heavy atom. The average Bonchev–Trinajstić information content (AvgIpc) is 2.64. The van der Waals surface area contributed by atoms with Gasteiger partial charge in [0.25, 0.3) is 0 Å². The normalized spacial score (nSPS) is 10.5. The minimum atomic E-state index is -0.0285. The molecule has 0 spiro atoms. The molecule has 0 amide bonds. The van der Waals surface area contributed by atoms with Gasteiger partial charge in [-0.25, -0.2) is 0 Å². The molecule has 0 aliphatic rings. The third kappa shape index (κ3) is 2.48. The first-order valence-electron chi connectivity index (χ1n) is 4.94. The summed E-state index contributed by atoms with van der Waals surface area (Å²) < 4.78 is 5.23. The van der Waals surface area contributed by atoms with Crippen LogP contribution >= 0.6 is 23.4 Å². The number of benzene rings is 1. The zero-order valence-corrected chi connectivity index (χ0v) is 10.7. The van der Waals surface area contributed by atoms with Crippen LogP contribution in [0.5, 0.6) is 0 Å². The molecule has 1 aromatic heterocycles. The first-order chi connectivity index (χ1) is 8.09. The van der Waals surface area contributed by atoms with Gasteiger partial charge in [0.15, 0.2) is 0 Å². The zero-order chi connectivity index (χ0) is 12.4. The summed E-state index contributed by atoms with van der Waals surface area (Å²) in [6.07, 6.45) is 1.63. The van der Waals surface area contributed by atoms with Gasteiger partial charge in [-0.05, 0) is 25.1 Å². The van der Waals surface area contributed by atoms with Gasteiger partial charge in [0.1, 0.15) is 11.6 Å². The second-order valence-electron chi connectivity index (χ2n) is 3.47. The average molecular weight is 267 g/mol. The molecule has 3 nitrogen and oxygen atoms in total. The molecule has 0 radical (unpaired) electrons. The summed E-state index contributed by atoms with van der Waals surface area (Å²) in [6, 6.07) is 7.33. The van der Waals surface area contributed by atoms with Crippen molar-refractivity contribution in [3.8, 4) is 0 Å². The molecule has 0 bridgehead atoms. The van der Waals surface area contributed by atoms with E-state index in [0.29, 0.717) is 10.6 Å². The molecule has 0 saturated carbocycles. The first kappa shape index (κ1) is 12.1. The summed E-state index contributed by atoms with van der Waals surface area (Å²) in [5.41, 5.74) is 6.11. The Labute approximate surface area is 108 Å². The van der Waals surface area contributed by atoms with Crippen LogP contribution in [0.25, 0.3) is 0 Å². The van der Waals surface area contributed by atoms with Crippen LogP contribution in [-0.2, 0) is 0 Å². The van der Waals surface area contributed by atoms with E-state index in [-0.39, 0.29) is 5.84 Å². The molecule has 0 aliphatic heterocycles. The predicted molar refractivity (Wildman–Crippen MR) is 70.0 cm³/mol. The molecule has 0 fully saturated rings. The minimum absolute atomic E-state index is 0.0285. The van der Waals surface area contributed by atoms with Crippen molar-refractivity contribution >= 4 is 29.2 Å². The lowest BCUT2D eigenvalue weighted by atomic mass is 10.2. The number of aryl methyl sites for hydroxylation is 1. The van der Waals surface area contributed by atoms with E-state index >= 15 is 0 Å². The monoisotopic (exact) mass is 266 g/mol. The van der Waals surface area contributed by atoms with Crippen molar-refractivity contribution in [3.63, 3.8) is 0 Å². The summed E-state index contributed by atoms with van der Waals surface area (Å²) in [7, 11) is 0. The van der Waals surface area contributed by atoms with Crippen LogP contribution in [0.15, 0.2) is 44.7 Å². The molecule has 5 heteroatoms. The Balaban J connectivity index is 2.43. The second kappa shape index (κ2) is 4.85. The largest absolute Gasteiger partial charge is 0.468 e. The number of nitrogen functional groups attached to an aromatic ring is 1. The lowest BCUT2D eigenvalue weighted by molar-refractivity contribution is 0.527. The molecule has 0 unspecified atom stereocenters. The fourth-order valence-corrected chi connectivity index (χ4v) is 2.80. The smallest absolute Gasteiger partial charge is 0.125 e. The van der Waals surface area contributed by atoms with E-state index < -0.39 is 0 Å². The van der Waals surface area contributed by atoms with Crippen LogP contribution < -0.4 is 5.73 Å². The van der Waals surface area contributed by atoms with Gasteiger partial charge >= 0.3 is 0 Å². The van der Waals surface area contributed by atoms with Gasteiger partial charge < -0.3 is 10.2 Å². The van der Waals surface area contributed by atoms with Crippen molar-refractivity contribution in [2.75, 3.05) is 0 Å². The van der Waals surface area contributed by atoms with E-state index in [1.807, 2.05) is 25.1 Å². The molecule has 1 aromatic carbocycles. The molecule has 2 aromatic rings. The summed E-state index contributed by atoms with van der Waals surface area (Å²) in [4.78, 5) is 1.85. The van der Waals surface area contributed by atoms with Gasteiger partial charge in [0, 0.05) is 10.5 Å². The molecule has 0 aliphatic carbocycles. The van der Waals surface area contributed by atoms with Crippen molar-refractivity contribution in [2.45, 2.75) is 16.7 Å². The van der Waals surface area contributed by atoms with E-state index in [0.717, 1.165) is 15.6 Å². The molecule has 0 saturated heterocycles. The van der Waals surface area contributed by atoms with Crippen molar-refractivity contribution in [2.24, 2.45) is 5.73 Å². The highest BCUT2D eigenvalue weighted by Gasteiger charge is 2.12. The van der Waals surface area contributed by atoms with Crippen LogP contribution in [-0.4, -0.2) is 5.84 Å². The van der Waals surface area contributed by atoms with E-state index in [1.54, 1.807) is 12.3 Å². The summed E-state index contributed by atoms with van der Waals surface area (Å²) in [5, 5.41) is 8.05. The number of nitrogens with two attached hydrogens (primary N) is 1. The van der Waals surface area contributed by atoms with E-state index in [9.17, 15) is 0 Å². The molecular formula is C12H11ClN2OS. The second-order valence-corrected chi connectivity index (χ2v) is 4.96. The van der Waals surface area contributed by atoms with Crippen molar-refractivity contribution in [1.29, 1.82) is 5.41 Å². The van der Waals surface area contributed by atoms with Crippen LogP contribution in [0.2, 0.25) is 5.02 Å². The topological polar surface area (TPSA) is 63.0 Å². The fourth-order valence-electron chi connectivity index (χ4n) is 1.45. The maximum absolute atomic E-state index is 7.56. The Kier molecular flexibility index (Phi) is 3.45. The van der Waals surface area contributed by atoms with Crippen LogP contribution in [0, 0.1) is 12.3 Å². The SMILES string of the molecule is Cc1occc1Sc1cccc(Cl)c1C(=N)N. The lowest BCUT2D eigenvalue weighted by Gasteiger charge is -2.08. The highest BCUT2D eigenvalue weighted by Crippen LogP contribution is 2.35. The van der Waals surface area contributed by atoms with Crippen molar-refractivity contribution < 1.29 is 4.42 Å². The fraction of sp³-hybridized carbons (Fsp3) is 0.0833. The lowest BCUT2D eigenvalue weighted by Crippen LogP contribution is -2.12. The Hall–Kier alpha value is -1.39. The maximum atomic E-state index is 7.56. The molecule has 17 heavy (non-hydrogen) atoms. The van der Waals surface area contributed by atoms with Crippen LogP contribution in [0.3, 0.4) is 0 Å². The minimum Gasteiger partial charge on any atom is -0.468 e. The van der Waals surface area contributed by atoms with E-state index in [4.69, 9.17) is 27.2 Å².